The Labute approximate surface area is 159 Å². The number of nitrogens with one attached hydrogen (secondary N) is 2. The van der Waals surface area contributed by atoms with Gasteiger partial charge in [-0.1, -0.05) is 13.8 Å². The first-order chi connectivity index (χ1) is 12.5. The van der Waals surface area contributed by atoms with E-state index in [9.17, 15) is 4.79 Å². The Hall–Kier alpha value is -2.60. The van der Waals surface area contributed by atoms with Gasteiger partial charge in [0.25, 0.3) is 5.91 Å². The quantitative estimate of drug-likeness (QED) is 0.712. The summed E-state index contributed by atoms with van der Waals surface area (Å²) in [7, 11) is 0. The van der Waals surface area contributed by atoms with Crippen LogP contribution in [0.3, 0.4) is 0 Å². The number of carbonyl (C=O) groups excluding carboxylic acids is 1. The third-order valence-corrected chi connectivity index (χ3v) is 3.55. The van der Waals surface area contributed by atoms with Crippen molar-refractivity contribution in [3.05, 3.63) is 54.1 Å². The fourth-order valence-corrected chi connectivity index (χ4v) is 2.31. The van der Waals surface area contributed by atoms with E-state index < -0.39 is 0 Å². The van der Waals surface area contributed by atoms with Crippen LogP contribution in [0.15, 0.2) is 48.5 Å². The van der Waals surface area contributed by atoms with Crippen LogP contribution in [0.2, 0.25) is 0 Å². The summed E-state index contributed by atoms with van der Waals surface area (Å²) in [5, 5.41) is 5.88. The molecule has 0 aliphatic rings. The van der Waals surface area contributed by atoms with Crippen molar-refractivity contribution in [2.24, 2.45) is 5.92 Å². The van der Waals surface area contributed by atoms with Crippen molar-refractivity contribution < 1.29 is 14.3 Å². The zero-order valence-corrected chi connectivity index (χ0v) is 16.1. The second kappa shape index (κ2) is 9.77. The van der Waals surface area contributed by atoms with E-state index >= 15 is 0 Å². The van der Waals surface area contributed by atoms with E-state index in [1.54, 1.807) is 24.3 Å². The molecule has 2 rings (SSSR count). The van der Waals surface area contributed by atoms with Crippen molar-refractivity contribution in [1.29, 1.82) is 0 Å². The van der Waals surface area contributed by atoms with Gasteiger partial charge in [-0.15, -0.1) is 0 Å². The van der Waals surface area contributed by atoms with Crippen LogP contribution >= 0.6 is 12.2 Å². The number of carbonyl (C=O) groups is 1. The fourth-order valence-electron chi connectivity index (χ4n) is 2.10. The molecule has 0 spiro atoms. The lowest BCUT2D eigenvalue weighted by Crippen LogP contribution is -2.34. The molecule has 0 aliphatic heterocycles. The predicted octanol–water partition coefficient (Wildman–Crippen LogP) is 4.25. The zero-order valence-electron chi connectivity index (χ0n) is 15.2. The first kappa shape index (κ1) is 19.7. The lowest BCUT2D eigenvalue weighted by molar-refractivity contribution is 0.0977. The Morgan fingerprint density at radius 2 is 1.58 bits per heavy atom. The summed E-state index contributed by atoms with van der Waals surface area (Å²) in [6.45, 7) is 7.36. The SMILES string of the molecule is CCOc1ccc(C(=O)NC(=S)Nc2ccc(OCC(C)C)cc2)cc1. The molecule has 2 N–H and O–H groups in total. The highest BCUT2D eigenvalue weighted by molar-refractivity contribution is 7.80. The van der Waals surface area contributed by atoms with Crippen LogP contribution in [0.1, 0.15) is 31.1 Å². The number of thiocarbonyl (C=S) groups is 1. The minimum Gasteiger partial charge on any atom is -0.494 e. The topological polar surface area (TPSA) is 59.6 Å². The molecule has 2 aromatic rings. The summed E-state index contributed by atoms with van der Waals surface area (Å²) >= 11 is 5.20. The molecule has 0 atom stereocenters. The highest BCUT2D eigenvalue weighted by atomic mass is 32.1. The molecule has 0 aliphatic carbocycles. The molecule has 0 saturated heterocycles. The van der Waals surface area contributed by atoms with Gasteiger partial charge < -0.3 is 14.8 Å². The number of anilines is 1. The fraction of sp³-hybridized carbons (Fsp3) is 0.300. The molecule has 0 radical (unpaired) electrons. The monoisotopic (exact) mass is 372 g/mol. The van der Waals surface area contributed by atoms with Gasteiger partial charge in [-0.2, -0.15) is 0 Å². The molecule has 0 aromatic heterocycles. The first-order valence-corrected chi connectivity index (χ1v) is 8.96. The van der Waals surface area contributed by atoms with Crippen LogP contribution in [-0.4, -0.2) is 24.2 Å². The van der Waals surface area contributed by atoms with E-state index in [-0.39, 0.29) is 11.0 Å². The van der Waals surface area contributed by atoms with Crippen molar-refractivity contribution in [1.82, 2.24) is 5.32 Å². The summed E-state index contributed by atoms with van der Waals surface area (Å²) in [5.74, 6) is 1.72. The van der Waals surface area contributed by atoms with Crippen LogP contribution in [-0.2, 0) is 0 Å². The standard InChI is InChI=1S/C20H24N2O3S/c1-4-24-17-9-5-15(6-10-17)19(23)22-20(26)21-16-7-11-18(12-8-16)25-13-14(2)3/h5-12,14H,4,13H2,1-3H3,(H2,21,22,23,26). The average Bonchev–Trinajstić information content (AvgIpc) is 2.62. The molecule has 1 amide bonds. The normalized spacial score (nSPS) is 10.3. The van der Waals surface area contributed by atoms with Crippen LogP contribution in [0.4, 0.5) is 5.69 Å². The van der Waals surface area contributed by atoms with Gasteiger partial charge in [0.1, 0.15) is 11.5 Å². The van der Waals surface area contributed by atoms with Crippen LogP contribution in [0, 0.1) is 5.92 Å². The Balaban J connectivity index is 1.86. The minimum atomic E-state index is -0.276. The number of hydrogen-bond acceptors (Lipinski definition) is 4. The van der Waals surface area contributed by atoms with Crippen LogP contribution in [0.5, 0.6) is 11.5 Å². The van der Waals surface area contributed by atoms with E-state index in [1.165, 1.54) is 0 Å². The Morgan fingerprint density at radius 1 is 1.00 bits per heavy atom. The van der Waals surface area contributed by atoms with Crippen LogP contribution in [0.25, 0.3) is 0 Å². The maximum Gasteiger partial charge on any atom is 0.257 e. The van der Waals surface area contributed by atoms with Gasteiger partial charge in [-0.05, 0) is 73.6 Å². The summed E-state index contributed by atoms with van der Waals surface area (Å²) in [4.78, 5) is 12.2. The Bertz CT molecular complexity index is 728. The van der Waals surface area contributed by atoms with Crippen LogP contribution < -0.4 is 20.1 Å². The molecule has 0 fully saturated rings. The van der Waals surface area contributed by atoms with E-state index in [2.05, 4.69) is 24.5 Å². The molecular formula is C20H24N2O3S. The predicted molar refractivity (Wildman–Crippen MR) is 108 cm³/mol. The average molecular weight is 372 g/mol. The van der Waals surface area contributed by atoms with Crippen molar-refractivity contribution in [3.63, 3.8) is 0 Å². The van der Waals surface area contributed by atoms with Crippen molar-refractivity contribution >= 4 is 28.9 Å². The third kappa shape index (κ3) is 6.37. The highest BCUT2D eigenvalue weighted by Crippen LogP contribution is 2.16. The zero-order chi connectivity index (χ0) is 18.9. The molecule has 0 bridgehead atoms. The van der Waals surface area contributed by atoms with Gasteiger partial charge in [0.2, 0.25) is 0 Å². The van der Waals surface area contributed by atoms with Gasteiger partial charge in [0.15, 0.2) is 5.11 Å². The summed E-state index contributed by atoms with van der Waals surface area (Å²) in [6, 6.07) is 14.3. The minimum absolute atomic E-state index is 0.236. The number of rotatable bonds is 7. The van der Waals surface area contributed by atoms with Crippen molar-refractivity contribution in [2.75, 3.05) is 18.5 Å². The third-order valence-electron chi connectivity index (χ3n) is 3.35. The molecular weight excluding hydrogens is 348 g/mol. The second-order valence-corrected chi connectivity index (χ2v) is 6.50. The largest absolute Gasteiger partial charge is 0.494 e. The van der Waals surface area contributed by atoms with E-state index in [0.717, 1.165) is 17.2 Å². The lowest BCUT2D eigenvalue weighted by atomic mass is 10.2. The first-order valence-electron chi connectivity index (χ1n) is 8.56. The number of benzene rings is 2. The lowest BCUT2D eigenvalue weighted by Gasteiger charge is -2.12. The van der Waals surface area contributed by atoms with E-state index in [0.29, 0.717) is 24.7 Å². The van der Waals surface area contributed by atoms with Gasteiger partial charge in [0.05, 0.1) is 13.2 Å². The van der Waals surface area contributed by atoms with Gasteiger partial charge in [0, 0.05) is 11.3 Å². The van der Waals surface area contributed by atoms with Gasteiger partial charge in [-0.3, -0.25) is 10.1 Å². The number of amides is 1. The van der Waals surface area contributed by atoms with E-state index in [1.807, 2.05) is 31.2 Å². The Kier molecular flexibility index (Phi) is 7.41. The van der Waals surface area contributed by atoms with Gasteiger partial charge in [-0.25, -0.2) is 0 Å². The highest BCUT2D eigenvalue weighted by Gasteiger charge is 2.08. The second-order valence-electron chi connectivity index (χ2n) is 6.09. The number of ether oxygens (including phenoxy) is 2. The maximum absolute atomic E-state index is 12.2. The van der Waals surface area contributed by atoms with Gasteiger partial charge >= 0.3 is 0 Å². The molecule has 5 nitrogen and oxygen atoms in total. The molecule has 0 saturated carbocycles. The number of hydrogen-bond donors (Lipinski definition) is 2. The molecule has 138 valence electrons. The van der Waals surface area contributed by atoms with Crippen molar-refractivity contribution in [3.8, 4) is 11.5 Å². The van der Waals surface area contributed by atoms with Crippen molar-refractivity contribution in [2.45, 2.75) is 20.8 Å². The molecule has 0 heterocycles. The summed E-state index contributed by atoms with van der Waals surface area (Å²) in [6.07, 6.45) is 0. The van der Waals surface area contributed by atoms with E-state index in [4.69, 9.17) is 21.7 Å². The smallest absolute Gasteiger partial charge is 0.257 e. The maximum atomic E-state index is 12.2. The Morgan fingerprint density at radius 3 is 2.15 bits per heavy atom. The molecule has 6 heteroatoms. The molecule has 2 aromatic carbocycles. The summed E-state index contributed by atoms with van der Waals surface area (Å²) in [5.41, 5.74) is 1.29. The molecule has 0 unspecified atom stereocenters. The molecule has 26 heavy (non-hydrogen) atoms. The summed E-state index contributed by atoms with van der Waals surface area (Å²) < 4.78 is 11.0.